The molecule has 3 rings (SSSR count). The summed E-state index contributed by atoms with van der Waals surface area (Å²) < 4.78 is 0.639. The van der Waals surface area contributed by atoms with Gasteiger partial charge in [0.25, 0.3) is 0 Å². The van der Waals surface area contributed by atoms with Gasteiger partial charge in [-0.1, -0.05) is 0 Å². The molecule has 7 heteroatoms. The minimum Gasteiger partial charge on any atom is -0.276 e. The molecule has 6 nitrogen and oxygen atoms in total. The van der Waals surface area contributed by atoms with Crippen LogP contribution >= 0.6 is 11.8 Å². The summed E-state index contributed by atoms with van der Waals surface area (Å²) in [5, 5.41) is 6.62. The van der Waals surface area contributed by atoms with Crippen molar-refractivity contribution in [3.05, 3.63) is 24.5 Å². The Morgan fingerprint density at radius 1 is 1.29 bits per heavy atom. The number of rotatable bonds is 0. The van der Waals surface area contributed by atoms with Gasteiger partial charge in [-0.25, -0.2) is 0 Å². The monoisotopic (exact) mass is 252 g/mol. The van der Waals surface area contributed by atoms with Crippen LogP contribution in [0.25, 0.3) is 11.0 Å². The number of aromatic amines is 1. The van der Waals surface area contributed by atoms with E-state index in [-0.39, 0.29) is 24.7 Å². The topological polar surface area (TPSA) is 79.0 Å². The third-order valence-corrected chi connectivity index (χ3v) is 2.58. The van der Waals surface area contributed by atoms with E-state index < -0.39 is 0 Å². The van der Waals surface area contributed by atoms with Gasteiger partial charge in [-0.2, -0.15) is 9.52 Å². The fourth-order valence-corrected chi connectivity index (χ4v) is 1.50. The lowest BCUT2D eigenvalue weighted by Gasteiger charge is -1.96. The molecule has 1 fully saturated rings. The summed E-state index contributed by atoms with van der Waals surface area (Å²) in [4.78, 5) is 24.8. The predicted octanol–water partition coefficient (Wildman–Crippen LogP) is 1.25. The molecule has 0 bridgehead atoms. The van der Waals surface area contributed by atoms with Crippen LogP contribution in [0, 0.1) is 0 Å². The number of halogens is 1. The number of pyridine rings is 1. The first-order valence-electron chi connectivity index (χ1n) is 4.94. The van der Waals surface area contributed by atoms with Crippen LogP contribution in [0.5, 0.6) is 0 Å². The summed E-state index contributed by atoms with van der Waals surface area (Å²) in [6, 6.07) is 3.82. The number of H-pyrrole nitrogens is 1. The van der Waals surface area contributed by atoms with E-state index in [4.69, 9.17) is 11.8 Å². The van der Waals surface area contributed by atoms with Crippen LogP contribution in [-0.2, 0) is 9.59 Å². The fraction of sp³-hybridized carbons (Fsp3) is 0.200. The third-order valence-electron chi connectivity index (χ3n) is 2.20. The van der Waals surface area contributed by atoms with Crippen molar-refractivity contribution in [2.75, 3.05) is 0 Å². The molecule has 0 unspecified atom stereocenters. The van der Waals surface area contributed by atoms with Gasteiger partial charge in [0.15, 0.2) is 0 Å². The Hall–Kier alpha value is -1.95. The predicted molar refractivity (Wildman–Crippen MR) is 60.8 cm³/mol. The minimum absolute atomic E-state index is 0.266. The Balaban J connectivity index is 0.000000128. The summed E-state index contributed by atoms with van der Waals surface area (Å²) in [7, 11) is 0. The van der Waals surface area contributed by atoms with Crippen molar-refractivity contribution in [2.24, 2.45) is 0 Å². The van der Waals surface area contributed by atoms with E-state index in [1.165, 1.54) is 0 Å². The van der Waals surface area contributed by atoms with Crippen molar-refractivity contribution in [3.8, 4) is 0 Å². The van der Waals surface area contributed by atoms with Crippen molar-refractivity contribution in [1.82, 2.24) is 19.6 Å². The van der Waals surface area contributed by atoms with Crippen molar-refractivity contribution < 1.29 is 9.59 Å². The molecule has 0 aromatic carbocycles. The molecule has 1 saturated heterocycles. The number of amides is 2. The molecule has 2 aromatic heterocycles. The Labute approximate surface area is 102 Å². The molecule has 0 atom stereocenters. The first-order valence-corrected chi connectivity index (χ1v) is 5.28. The molecule has 1 aliphatic rings. The number of hydrogen-bond acceptors (Lipinski definition) is 4. The lowest BCUT2D eigenvalue weighted by Crippen LogP contribution is -2.16. The van der Waals surface area contributed by atoms with Gasteiger partial charge in [-0.15, -0.1) is 0 Å². The lowest BCUT2D eigenvalue weighted by atomic mass is 10.4. The fourth-order valence-electron chi connectivity index (χ4n) is 1.33. The second-order valence-electron chi connectivity index (χ2n) is 3.37. The van der Waals surface area contributed by atoms with E-state index >= 15 is 0 Å². The molecule has 88 valence electrons. The summed E-state index contributed by atoms with van der Waals surface area (Å²) in [5.41, 5.74) is 1.90. The molecule has 17 heavy (non-hydrogen) atoms. The number of fused-ring (bicyclic) bond motifs is 1. The number of carbonyl (C=O) groups excluding carboxylic acids is 2. The largest absolute Gasteiger partial charge is 0.276 e. The number of imide groups is 1. The number of nitrogens with one attached hydrogen (secondary N) is 1. The van der Waals surface area contributed by atoms with Crippen LogP contribution in [0.3, 0.4) is 0 Å². The molecule has 1 N–H and O–H groups in total. The van der Waals surface area contributed by atoms with E-state index in [1.54, 1.807) is 12.4 Å². The van der Waals surface area contributed by atoms with Crippen LogP contribution in [0.15, 0.2) is 24.5 Å². The molecule has 2 aromatic rings. The molecule has 1 aliphatic heterocycles. The Bertz CT molecular complexity index is 508. The zero-order chi connectivity index (χ0) is 12.3. The van der Waals surface area contributed by atoms with Crippen LogP contribution in [0.4, 0.5) is 0 Å². The Morgan fingerprint density at radius 3 is 2.53 bits per heavy atom. The van der Waals surface area contributed by atoms with Crippen LogP contribution in [-0.4, -0.2) is 31.4 Å². The molecule has 0 spiro atoms. The van der Waals surface area contributed by atoms with Crippen LogP contribution < -0.4 is 0 Å². The van der Waals surface area contributed by atoms with Crippen molar-refractivity contribution in [2.45, 2.75) is 12.8 Å². The highest BCUT2D eigenvalue weighted by Crippen LogP contribution is 2.12. The summed E-state index contributed by atoms with van der Waals surface area (Å²) in [5.74, 6) is -0.590. The zero-order valence-electron chi connectivity index (χ0n) is 8.76. The SMILES string of the molecule is O=C1CCC(=O)N1Cl.c1cnc2cn[nH]c2c1. The highest BCUT2D eigenvalue weighted by molar-refractivity contribution is 6.32. The number of aromatic nitrogens is 3. The highest BCUT2D eigenvalue weighted by atomic mass is 35.5. The van der Waals surface area contributed by atoms with Gasteiger partial charge in [0.05, 0.1) is 11.7 Å². The summed E-state index contributed by atoms with van der Waals surface area (Å²) in [6.45, 7) is 0. The van der Waals surface area contributed by atoms with Gasteiger partial charge in [0.1, 0.15) is 5.52 Å². The van der Waals surface area contributed by atoms with Gasteiger partial charge < -0.3 is 0 Å². The quantitative estimate of drug-likeness (QED) is 0.565. The van der Waals surface area contributed by atoms with Gasteiger partial charge >= 0.3 is 0 Å². The second-order valence-corrected chi connectivity index (χ2v) is 3.71. The van der Waals surface area contributed by atoms with E-state index in [0.29, 0.717) is 4.42 Å². The molecular formula is C10H9ClN4O2. The normalized spacial score (nSPS) is 15.0. The summed E-state index contributed by atoms with van der Waals surface area (Å²) >= 11 is 5.15. The molecule has 3 heterocycles. The number of carbonyl (C=O) groups is 2. The summed E-state index contributed by atoms with van der Waals surface area (Å²) in [6.07, 6.45) is 3.98. The minimum atomic E-state index is -0.295. The van der Waals surface area contributed by atoms with Crippen LogP contribution in [0.2, 0.25) is 0 Å². The standard InChI is InChI=1S/C6H5N3.C4H4ClNO2/c1-2-5-6(7-3-1)4-8-9-5;5-6-3(7)1-2-4(6)8/h1-4H,(H,8,9);1-2H2. The Kier molecular flexibility index (Phi) is 3.34. The lowest BCUT2D eigenvalue weighted by molar-refractivity contribution is -0.132. The maximum Gasteiger partial charge on any atom is 0.244 e. The smallest absolute Gasteiger partial charge is 0.244 e. The zero-order valence-corrected chi connectivity index (χ0v) is 9.52. The van der Waals surface area contributed by atoms with E-state index in [0.717, 1.165) is 11.0 Å². The number of nitrogens with zero attached hydrogens (tertiary/aromatic N) is 3. The first-order chi connectivity index (χ1) is 8.18. The highest BCUT2D eigenvalue weighted by Gasteiger charge is 2.26. The van der Waals surface area contributed by atoms with Gasteiger partial charge in [-0.05, 0) is 12.1 Å². The van der Waals surface area contributed by atoms with Crippen molar-refractivity contribution in [1.29, 1.82) is 0 Å². The van der Waals surface area contributed by atoms with Gasteiger partial charge in [-0.3, -0.25) is 19.7 Å². The van der Waals surface area contributed by atoms with E-state index in [1.807, 2.05) is 12.1 Å². The van der Waals surface area contributed by atoms with Crippen molar-refractivity contribution >= 4 is 34.6 Å². The van der Waals surface area contributed by atoms with E-state index in [2.05, 4.69) is 15.2 Å². The van der Waals surface area contributed by atoms with Crippen LogP contribution in [0.1, 0.15) is 12.8 Å². The van der Waals surface area contributed by atoms with Gasteiger partial charge in [0, 0.05) is 30.8 Å². The number of hydrogen-bond donors (Lipinski definition) is 1. The first kappa shape index (κ1) is 11.5. The van der Waals surface area contributed by atoms with E-state index in [9.17, 15) is 9.59 Å². The average Bonchev–Trinajstić information content (AvgIpc) is 2.93. The maximum absolute atomic E-state index is 10.4. The molecule has 0 saturated carbocycles. The molecule has 0 aliphatic carbocycles. The van der Waals surface area contributed by atoms with Gasteiger partial charge in [0.2, 0.25) is 11.8 Å². The van der Waals surface area contributed by atoms with Crippen molar-refractivity contribution in [3.63, 3.8) is 0 Å². The molecule has 2 amide bonds. The average molecular weight is 253 g/mol. The third kappa shape index (κ3) is 2.59. The molecular weight excluding hydrogens is 244 g/mol. The molecule has 0 radical (unpaired) electrons. The Morgan fingerprint density at radius 2 is 2.00 bits per heavy atom. The maximum atomic E-state index is 10.4. The second kappa shape index (κ2) is 4.92.